The van der Waals surface area contributed by atoms with E-state index in [2.05, 4.69) is 5.16 Å². The quantitative estimate of drug-likeness (QED) is 0.288. The molecule has 0 aliphatic carbocycles. The van der Waals surface area contributed by atoms with Gasteiger partial charge in [-0.15, -0.1) is 11.8 Å². The largest absolute Gasteiger partial charge is 0.491 e. The third-order valence-corrected chi connectivity index (χ3v) is 3.12. The van der Waals surface area contributed by atoms with Gasteiger partial charge in [-0.1, -0.05) is 17.3 Å². The number of hydrogen-bond acceptors (Lipinski definition) is 4. The summed E-state index contributed by atoms with van der Waals surface area (Å²) in [6, 6.07) is 6.70. The lowest BCUT2D eigenvalue weighted by Crippen LogP contribution is -2.40. The number of thioether (sulfide) groups is 1. The number of rotatable bonds is 5. The van der Waals surface area contributed by atoms with Crippen molar-refractivity contribution in [1.29, 1.82) is 0 Å². The topological polar surface area (TPSA) is 67.8 Å². The summed E-state index contributed by atoms with van der Waals surface area (Å²) in [6.45, 7) is -0.739. The van der Waals surface area contributed by atoms with Crippen molar-refractivity contribution in [3.63, 3.8) is 0 Å². The Morgan fingerprint density at radius 1 is 1.47 bits per heavy atom. The van der Waals surface area contributed by atoms with Crippen LogP contribution in [-0.2, 0) is 0 Å². The maximum atomic E-state index is 12.7. The van der Waals surface area contributed by atoms with Gasteiger partial charge in [-0.2, -0.15) is 13.2 Å². The fourth-order valence-electron chi connectivity index (χ4n) is 1.33. The van der Waals surface area contributed by atoms with E-state index in [9.17, 15) is 13.2 Å². The van der Waals surface area contributed by atoms with E-state index >= 15 is 0 Å². The Hall–Kier alpha value is -1.57. The van der Waals surface area contributed by atoms with Gasteiger partial charge in [0.1, 0.15) is 18.3 Å². The fraction of sp³-hybridized carbons (Fsp3) is 0.364. The summed E-state index contributed by atoms with van der Waals surface area (Å²) in [5.41, 5.74) is 5.03. The van der Waals surface area contributed by atoms with Gasteiger partial charge in [0, 0.05) is 4.90 Å². The Morgan fingerprint density at radius 2 is 2.11 bits per heavy atom. The Kier molecular flexibility index (Phi) is 5.34. The molecule has 0 bridgehead atoms. The second kappa shape index (κ2) is 6.55. The summed E-state index contributed by atoms with van der Waals surface area (Å²) < 4.78 is 43.2. The van der Waals surface area contributed by atoms with Gasteiger partial charge in [-0.3, -0.25) is 0 Å². The first-order valence-electron chi connectivity index (χ1n) is 5.20. The molecule has 1 rings (SSSR count). The van der Waals surface area contributed by atoms with Crippen molar-refractivity contribution in [1.82, 2.24) is 0 Å². The Balaban J connectivity index is 2.82. The number of ether oxygens (including phenoxy) is 1. The standard InChI is InChI=1S/C11H13F3N2O2S/c1-19-9-5-3-2-4-8(9)18-6-7(10(15)16-17)11(12,13)14/h2-5,7,17H,6H2,1H3,(H2,15,16). The van der Waals surface area contributed by atoms with E-state index in [0.717, 1.165) is 0 Å². The van der Waals surface area contributed by atoms with Crippen LogP contribution >= 0.6 is 11.8 Å². The maximum Gasteiger partial charge on any atom is 0.402 e. The first kappa shape index (κ1) is 15.5. The van der Waals surface area contributed by atoms with Crippen molar-refractivity contribution >= 4 is 17.6 Å². The van der Waals surface area contributed by atoms with E-state index in [1.165, 1.54) is 11.8 Å². The maximum absolute atomic E-state index is 12.7. The van der Waals surface area contributed by atoms with Crippen molar-refractivity contribution in [3.8, 4) is 5.75 Å². The molecule has 106 valence electrons. The third kappa shape index (κ3) is 4.23. The minimum absolute atomic E-state index is 0.329. The first-order valence-corrected chi connectivity index (χ1v) is 6.42. The summed E-state index contributed by atoms with van der Waals surface area (Å²) in [7, 11) is 0. The zero-order chi connectivity index (χ0) is 14.5. The van der Waals surface area contributed by atoms with Crippen molar-refractivity contribution < 1.29 is 23.1 Å². The van der Waals surface area contributed by atoms with Crippen LogP contribution in [0.25, 0.3) is 0 Å². The number of amidine groups is 1. The highest BCUT2D eigenvalue weighted by molar-refractivity contribution is 7.98. The van der Waals surface area contributed by atoms with Gasteiger partial charge in [0.25, 0.3) is 0 Å². The lowest BCUT2D eigenvalue weighted by molar-refractivity contribution is -0.162. The normalized spacial score (nSPS) is 14.2. The number of nitrogens with zero attached hydrogens (tertiary/aromatic N) is 1. The van der Waals surface area contributed by atoms with Crippen molar-refractivity contribution in [2.75, 3.05) is 12.9 Å². The summed E-state index contributed by atoms with van der Waals surface area (Å²) >= 11 is 1.35. The Morgan fingerprint density at radius 3 is 2.63 bits per heavy atom. The summed E-state index contributed by atoms with van der Waals surface area (Å²) in [5.74, 6) is -2.74. The van der Waals surface area contributed by atoms with E-state index < -0.39 is 24.5 Å². The highest BCUT2D eigenvalue weighted by atomic mass is 32.2. The number of alkyl halides is 3. The highest BCUT2D eigenvalue weighted by Gasteiger charge is 2.43. The number of benzene rings is 1. The molecular formula is C11H13F3N2O2S. The molecule has 1 aromatic rings. The number of nitrogens with two attached hydrogens (primary N) is 1. The molecule has 0 fully saturated rings. The van der Waals surface area contributed by atoms with Crippen LogP contribution in [0, 0.1) is 5.92 Å². The van der Waals surface area contributed by atoms with Crippen LogP contribution < -0.4 is 10.5 Å². The minimum Gasteiger partial charge on any atom is -0.491 e. The molecule has 0 aliphatic rings. The van der Waals surface area contributed by atoms with Crippen LogP contribution in [-0.4, -0.2) is 30.1 Å². The molecule has 1 aromatic carbocycles. The molecule has 8 heteroatoms. The van der Waals surface area contributed by atoms with Crippen LogP contribution in [0.15, 0.2) is 34.3 Å². The highest BCUT2D eigenvalue weighted by Crippen LogP contribution is 2.30. The van der Waals surface area contributed by atoms with Crippen LogP contribution in [0.5, 0.6) is 5.75 Å². The van der Waals surface area contributed by atoms with Crippen LogP contribution in [0.2, 0.25) is 0 Å². The molecular weight excluding hydrogens is 281 g/mol. The molecule has 0 aromatic heterocycles. The van der Waals surface area contributed by atoms with Gasteiger partial charge in [0.05, 0.1) is 0 Å². The Bertz CT molecular complexity index is 452. The lowest BCUT2D eigenvalue weighted by Gasteiger charge is -2.20. The van der Waals surface area contributed by atoms with Gasteiger partial charge < -0.3 is 15.7 Å². The monoisotopic (exact) mass is 294 g/mol. The number of hydrogen-bond donors (Lipinski definition) is 2. The van der Waals surface area contributed by atoms with E-state index in [1.807, 2.05) is 0 Å². The lowest BCUT2D eigenvalue weighted by atomic mass is 10.1. The summed E-state index contributed by atoms with van der Waals surface area (Å²) in [5, 5.41) is 10.8. The zero-order valence-electron chi connectivity index (χ0n) is 10.0. The van der Waals surface area contributed by atoms with Gasteiger partial charge in [-0.25, -0.2) is 0 Å². The molecule has 4 nitrogen and oxygen atoms in total. The van der Waals surface area contributed by atoms with Gasteiger partial charge in [0.15, 0.2) is 5.84 Å². The summed E-state index contributed by atoms with van der Waals surface area (Å²) in [4.78, 5) is 0.711. The van der Waals surface area contributed by atoms with E-state index in [-0.39, 0.29) is 0 Å². The first-order chi connectivity index (χ1) is 8.90. The molecule has 0 saturated carbocycles. The van der Waals surface area contributed by atoms with Crippen molar-refractivity contribution in [3.05, 3.63) is 24.3 Å². The van der Waals surface area contributed by atoms with Gasteiger partial charge in [0.2, 0.25) is 0 Å². The molecule has 0 radical (unpaired) electrons. The SMILES string of the molecule is CSc1ccccc1OCC(/C(N)=N/O)C(F)(F)F. The number of halogens is 3. The number of para-hydroxylation sites is 1. The average molecular weight is 294 g/mol. The van der Waals surface area contributed by atoms with Crippen molar-refractivity contribution in [2.45, 2.75) is 11.1 Å². The van der Waals surface area contributed by atoms with Gasteiger partial charge >= 0.3 is 6.18 Å². The molecule has 0 amide bonds. The van der Waals surface area contributed by atoms with Crippen LogP contribution in [0.1, 0.15) is 0 Å². The van der Waals surface area contributed by atoms with Crippen molar-refractivity contribution in [2.24, 2.45) is 16.8 Å². The average Bonchev–Trinajstić information content (AvgIpc) is 2.37. The third-order valence-electron chi connectivity index (χ3n) is 2.34. The predicted molar refractivity (Wildman–Crippen MR) is 66.7 cm³/mol. The number of oxime groups is 1. The predicted octanol–water partition coefficient (Wildman–Crippen LogP) is 2.71. The molecule has 0 aliphatic heterocycles. The van der Waals surface area contributed by atoms with Crippen LogP contribution in [0.3, 0.4) is 0 Å². The molecule has 19 heavy (non-hydrogen) atoms. The minimum atomic E-state index is -4.63. The summed E-state index contributed by atoms with van der Waals surface area (Å²) in [6.07, 6.45) is -2.85. The fourth-order valence-corrected chi connectivity index (χ4v) is 1.87. The molecule has 3 N–H and O–H groups in total. The molecule has 1 unspecified atom stereocenters. The molecule has 0 heterocycles. The Labute approximate surface area is 112 Å². The molecule has 0 spiro atoms. The smallest absolute Gasteiger partial charge is 0.402 e. The molecule has 0 saturated heterocycles. The molecule has 1 atom stereocenters. The second-order valence-electron chi connectivity index (χ2n) is 3.58. The van der Waals surface area contributed by atoms with E-state index in [1.54, 1.807) is 30.5 Å². The van der Waals surface area contributed by atoms with E-state index in [0.29, 0.717) is 10.6 Å². The van der Waals surface area contributed by atoms with E-state index in [4.69, 9.17) is 15.7 Å². The zero-order valence-corrected chi connectivity index (χ0v) is 10.8. The second-order valence-corrected chi connectivity index (χ2v) is 4.43. The van der Waals surface area contributed by atoms with Gasteiger partial charge in [-0.05, 0) is 18.4 Å². The van der Waals surface area contributed by atoms with Crippen LogP contribution in [0.4, 0.5) is 13.2 Å².